The number of amides is 1. The molecule has 1 amide bonds. The van der Waals surface area contributed by atoms with E-state index in [1.807, 2.05) is 4.90 Å². The molecule has 3 nitrogen and oxygen atoms in total. The second kappa shape index (κ2) is 4.34. The van der Waals surface area contributed by atoms with Gasteiger partial charge in [0.05, 0.1) is 5.60 Å². The molecule has 0 aromatic heterocycles. The third-order valence-corrected chi connectivity index (χ3v) is 4.09. The molecule has 2 fully saturated rings. The summed E-state index contributed by atoms with van der Waals surface area (Å²) in [5, 5.41) is 10.2. The molecule has 0 aromatic rings. The third-order valence-electron chi connectivity index (χ3n) is 3.57. The molecule has 0 aromatic carbocycles. The van der Waals surface area contributed by atoms with Gasteiger partial charge in [0.1, 0.15) is 0 Å². The Hall–Kier alpha value is -0.220. The van der Waals surface area contributed by atoms with Gasteiger partial charge in [0, 0.05) is 19.5 Å². The second-order valence-corrected chi connectivity index (χ2v) is 5.32. The summed E-state index contributed by atoms with van der Waals surface area (Å²) in [5.41, 5.74) is -0.596. The van der Waals surface area contributed by atoms with Gasteiger partial charge in [-0.3, -0.25) is 4.79 Å². The van der Waals surface area contributed by atoms with E-state index < -0.39 is 5.60 Å². The number of β-amino-alcohol motifs (C(OH)–C–C–N with tert-alkyl or cyclic N) is 1. The molecular formula is C11H19NO2S. The minimum atomic E-state index is -0.596. The molecule has 2 rings (SSSR count). The first kappa shape index (κ1) is 11.3. The number of nitrogens with zero attached hydrogens (tertiary/aromatic N) is 1. The maximum Gasteiger partial charge on any atom is 0.223 e. The van der Waals surface area contributed by atoms with Crippen molar-refractivity contribution in [2.75, 3.05) is 18.8 Å². The molecule has 2 aliphatic rings. The van der Waals surface area contributed by atoms with Gasteiger partial charge in [0.15, 0.2) is 0 Å². The summed E-state index contributed by atoms with van der Waals surface area (Å²) in [7, 11) is 0. The van der Waals surface area contributed by atoms with Gasteiger partial charge in [-0.1, -0.05) is 12.8 Å². The zero-order valence-corrected chi connectivity index (χ0v) is 9.88. The van der Waals surface area contributed by atoms with E-state index >= 15 is 0 Å². The number of hydrogen-bond acceptors (Lipinski definition) is 3. The number of hydrogen-bond donors (Lipinski definition) is 2. The van der Waals surface area contributed by atoms with Crippen molar-refractivity contribution in [3.8, 4) is 0 Å². The molecule has 1 heterocycles. The van der Waals surface area contributed by atoms with Gasteiger partial charge >= 0.3 is 0 Å². The van der Waals surface area contributed by atoms with Crippen LogP contribution >= 0.6 is 12.6 Å². The lowest BCUT2D eigenvalue weighted by Crippen LogP contribution is -2.41. The summed E-state index contributed by atoms with van der Waals surface area (Å²) in [6.45, 7) is 1.32. The van der Waals surface area contributed by atoms with Crippen molar-refractivity contribution in [1.82, 2.24) is 4.90 Å². The van der Waals surface area contributed by atoms with E-state index in [4.69, 9.17) is 0 Å². The van der Waals surface area contributed by atoms with E-state index in [9.17, 15) is 9.90 Å². The number of likely N-dealkylation sites (tertiary alicyclic amines) is 1. The molecule has 1 atom stereocenters. The average molecular weight is 229 g/mol. The van der Waals surface area contributed by atoms with Gasteiger partial charge in [0.2, 0.25) is 5.91 Å². The Morgan fingerprint density at radius 1 is 1.47 bits per heavy atom. The van der Waals surface area contributed by atoms with Gasteiger partial charge in [-0.25, -0.2) is 0 Å². The molecule has 0 spiro atoms. The van der Waals surface area contributed by atoms with Gasteiger partial charge in [-0.05, 0) is 24.5 Å². The number of rotatable bonds is 3. The molecule has 1 aliphatic heterocycles. The van der Waals surface area contributed by atoms with Crippen LogP contribution in [0.1, 0.15) is 32.1 Å². The quantitative estimate of drug-likeness (QED) is 0.711. The Morgan fingerprint density at radius 2 is 2.13 bits per heavy atom. The standard InChI is InChI=1S/C11H19NO2S/c13-10-5-9(7-15)6-12(10)8-11(14)3-1-2-4-11/h9,14-15H,1-8H2. The summed E-state index contributed by atoms with van der Waals surface area (Å²) in [6, 6.07) is 0. The Bertz CT molecular complexity index is 251. The fourth-order valence-corrected chi connectivity index (χ4v) is 2.92. The van der Waals surface area contributed by atoms with Gasteiger partial charge in [-0.2, -0.15) is 12.6 Å². The molecule has 4 heteroatoms. The van der Waals surface area contributed by atoms with Gasteiger partial charge in [-0.15, -0.1) is 0 Å². The topological polar surface area (TPSA) is 40.5 Å². The summed E-state index contributed by atoms with van der Waals surface area (Å²) < 4.78 is 0. The Labute approximate surface area is 96.2 Å². The van der Waals surface area contributed by atoms with Gasteiger partial charge in [0.25, 0.3) is 0 Å². The van der Waals surface area contributed by atoms with E-state index in [2.05, 4.69) is 12.6 Å². The first-order valence-corrected chi connectivity index (χ1v) is 6.37. The SMILES string of the molecule is O=C1CC(CS)CN1CC1(O)CCCC1. The molecular weight excluding hydrogens is 210 g/mol. The maximum atomic E-state index is 11.7. The highest BCUT2D eigenvalue weighted by molar-refractivity contribution is 7.80. The maximum absolute atomic E-state index is 11.7. The highest BCUT2D eigenvalue weighted by Gasteiger charge is 2.37. The monoisotopic (exact) mass is 229 g/mol. The number of aliphatic hydroxyl groups is 1. The van der Waals surface area contributed by atoms with Crippen LogP contribution in [0.3, 0.4) is 0 Å². The van der Waals surface area contributed by atoms with E-state index in [1.54, 1.807) is 0 Å². The van der Waals surface area contributed by atoms with Crippen molar-refractivity contribution in [2.24, 2.45) is 5.92 Å². The van der Waals surface area contributed by atoms with E-state index in [0.29, 0.717) is 18.9 Å². The molecule has 1 N–H and O–H groups in total. The van der Waals surface area contributed by atoms with Crippen molar-refractivity contribution in [3.63, 3.8) is 0 Å². The van der Waals surface area contributed by atoms with Crippen LogP contribution in [0.25, 0.3) is 0 Å². The van der Waals surface area contributed by atoms with Gasteiger partial charge < -0.3 is 10.0 Å². The molecule has 0 bridgehead atoms. The minimum absolute atomic E-state index is 0.189. The Balaban J connectivity index is 1.92. The minimum Gasteiger partial charge on any atom is -0.388 e. The summed E-state index contributed by atoms with van der Waals surface area (Å²) >= 11 is 4.23. The first-order valence-electron chi connectivity index (χ1n) is 5.74. The molecule has 1 saturated heterocycles. The molecule has 1 unspecified atom stereocenters. The van der Waals surface area contributed by atoms with Crippen LogP contribution in [0.4, 0.5) is 0 Å². The average Bonchev–Trinajstić information content (AvgIpc) is 2.75. The lowest BCUT2D eigenvalue weighted by atomic mass is 10.0. The normalized spacial score (nSPS) is 30.1. The smallest absolute Gasteiger partial charge is 0.223 e. The zero-order chi connectivity index (χ0) is 10.9. The fourth-order valence-electron chi connectivity index (χ4n) is 2.68. The van der Waals surface area contributed by atoms with E-state index in [1.165, 1.54) is 0 Å². The predicted octanol–water partition coefficient (Wildman–Crippen LogP) is 1.07. The summed E-state index contributed by atoms with van der Waals surface area (Å²) in [5.74, 6) is 1.33. The lowest BCUT2D eigenvalue weighted by Gasteiger charge is -2.28. The molecule has 1 aliphatic carbocycles. The lowest BCUT2D eigenvalue weighted by molar-refractivity contribution is -0.130. The van der Waals surface area contributed by atoms with Crippen LogP contribution in [0.15, 0.2) is 0 Å². The van der Waals surface area contributed by atoms with Crippen molar-refractivity contribution >= 4 is 18.5 Å². The van der Waals surface area contributed by atoms with E-state index in [-0.39, 0.29) is 5.91 Å². The van der Waals surface area contributed by atoms with Crippen molar-refractivity contribution < 1.29 is 9.90 Å². The zero-order valence-electron chi connectivity index (χ0n) is 8.98. The third kappa shape index (κ3) is 2.48. The second-order valence-electron chi connectivity index (χ2n) is 4.96. The van der Waals surface area contributed by atoms with E-state index in [0.717, 1.165) is 38.0 Å². The Morgan fingerprint density at radius 3 is 2.67 bits per heavy atom. The highest BCUT2D eigenvalue weighted by Crippen LogP contribution is 2.32. The molecule has 15 heavy (non-hydrogen) atoms. The predicted molar refractivity (Wildman–Crippen MR) is 62.0 cm³/mol. The fraction of sp³-hybridized carbons (Fsp3) is 0.909. The van der Waals surface area contributed by atoms with Crippen LogP contribution in [-0.2, 0) is 4.79 Å². The van der Waals surface area contributed by atoms with Crippen LogP contribution in [0, 0.1) is 5.92 Å². The van der Waals surface area contributed by atoms with Crippen molar-refractivity contribution in [3.05, 3.63) is 0 Å². The Kier molecular flexibility index (Phi) is 3.26. The molecule has 0 radical (unpaired) electrons. The van der Waals surface area contributed by atoms with Crippen LogP contribution in [-0.4, -0.2) is 40.4 Å². The van der Waals surface area contributed by atoms with Crippen LogP contribution < -0.4 is 0 Å². The largest absolute Gasteiger partial charge is 0.388 e. The molecule has 86 valence electrons. The highest BCUT2D eigenvalue weighted by atomic mass is 32.1. The first-order chi connectivity index (χ1) is 7.13. The van der Waals surface area contributed by atoms with Crippen molar-refractivity contribution in [2.45, 2.75) is 37.7 Å². The summed E-state index contributed by atoms with van der Waals surface area (Å²) in [6.07, 6.45) is 4.49. The van der Waals surface area contributed by atoms with Crippen molar-refractivity contribution in [1.29, 1.82) is 0 Å². The van der Waals surface area contributed by atoms with Crippen LogP contribution in [0.2, 0.25) is 0 Å². The summed E-state index contributed by atoms with van der Waals surface area (Å²) in [4.78, 5) is 13.5. The number of thiol groups is 1. The number of carbonyl (C=O) groups excluding carboxylic acids is 1. The van der Waals surface area contributed by atoms with Crippen LogP contribution in [0.5, 0.6) is 0 Å². The molecule has 1 saturated carbocycles. The number of carbonyl (C=O) groups is 1.